The summed E-state index contributed by atoms with van der Waals surface area (Å²) in [7, 11) is 0. The molecular formula is C15H16N6O3. The molecule has 2 rings (SSSR count). The molecule has 0 unspecified atom stereocenters. The first-order valence-corrected chi connectivity index (χ1v) is 7.17. The summed E-state index contributed by atoms with van der Waals surface area (Å²) in [6.45, 7) is 6.84. The van der Waals surface area contributed by atoms with Crippen molar-refractivity contribution in [3.63, 3.8) is 0 Å². The first kappa shape index (κ1) is 17.1. The molecule has 0 bridgehead atoms. The van der Waals surface area contributed by atoms with Gasteiger partial charge in [-0.15, -0.1) is 0 Å². The van der Waals surface area contributed by atoms with E-state index < -0.39 is 11.9 Å². The van der Waals surface area contributed by atoms with E-state index in [1.54, 1.807) is 33.8 Å². The van der Waals surface area contributed by atoms with Crippen molar-refractivity contribution < 1.29 is 14.3 Å². The van der Waals surface area contributed by atoms with Gasteiger partial charge in [0.25, 0.3) is 5.95 Å². The summed E-state index contributed by atoms with van der Waals surface area (Å²) in [6.07, 6.45) is 0. The summed E-state index contributed by atoms with van der Waals surface area (Å²) < 4.78 is 5.87. The second kappa shape index (κ2) is 6.87. The van der Waals surface area contributed by atoms with Crippen LogP contribution >= 0.6 is 0 Å². The number of rotatable bonds is 3. The van der Waals surface area contributed by atoms with E-state index in [1.165, 1.54) is 4.68 Å². The van der Waals surface area contributed by atoms with Crippen LogP contribution in [0.5, 0.6) is 0 Å². The van der Waals surface area contributed by atoms with Gasteiger partial charge >= 0.3 is 11.9 Å². The largest absolute Gasteiger partial charge is 0.459 e. The highest BCUT2D eigenvalue weighted by molar-refractivity contribution is 6.37. The summed E-state index contributed by atoms with van der Waals surface area (Å²) in [5.41, 5.74) is 1.90. The number of hydrogen-bond acceptors (Lipinski definition) is 7. The fourth-order valence-corrected chi connectivity index (χ4v) is 2.08. The number of aryl methyl sites for hydroxylation is 3. The van der Waals surface area contributed by atoms with Crippen LogP contribution in [0.1, 0.15) is 29.6 Å². The molecule has 0 fully saturated rings. The predicted molar refractivity (Wildman–Crippen MR) is 83.3 cm³/mol. The van der Waals surface area contributed by atoms with Crippen molar-refractivity contribution in [2.45, 2.75) is 27.7 Å². The fourth-order valence-electron chi connectivity index (χ4n) is 2.08. The maximum Gasteiger partial charge on any atom is 0.397 e. The number of nitriles is 1. The Bertz CT molecular complexity index is 829. The Morgan fingerprint density at radius 1 is 1.29 bits per heavy atom. The minimum atomic E-state index is -1.05. The first-order valence-electron chi connectivity index (χ1n) is 7.17. The van der Waals surface area contributed by atoms with Gasteiger partial charge in [-0.3, -0.25) is 10.1 Å². The average Bonchev–Trinajstić information content (AvgIpc) is 2.82. The van der Waals surface area contributed by atoms with Gasteiger partial charge in [-0.25, -0.2) is 14.8 Å². The molecule has 2 heterocycles. The van der Waals surface area contributed by atoms with E-state index in [-0.39, 0.29) is 23.9 Å². The SMILES string of the molecule is CCOC(=O)C(=O)Nc1c(C#N)c(C)nn1-c1nc(C)cc(C)n1. The Kier molecular flexibility index (Phi) is 4.89. The lowest BCUT2D eigenvalue weighted by Crippen LogP contribution is -2.27. The van der Waals surface area contributed by atoms with Gasteiger partial charge in [0.15, 0.2) is 5.82 Å². The quantitative estimate of drug-likeness (QED) is 0.657. The molecule has 0 aromatic carbocycles. The Labute approximate surface area is 138 Å². The Morgan fingerprint density at radius 2 is 1.92 bits per heavy atom. The van der Waals surface area contributed by atoms with E-state index in [9.17, 15) is 14.9 Å². The van der Waals surface area contributed by atoms with Crippen molar-refractivity contribution in [3.05, 3.63) is 28.7 Å². The van der Waals surface area contributed by atoms with Crippen LogP contribution in [0.3, 0.4) is 0 Å². The molecule has 0 radical (unpaired) electrons. The van der Waals surface area contributed by atoms with Crippen molar-refractivity contribution >= 4 is 17.7 Å². The van der Waals surface area contributed by atoms with Crippen molar-refractivity contribution in [1.29, 1.82) is 5.26 Å². The molecule has 9 nitrogen and oxygen atoms in total. The molecule has 124 valence electrons. The van der Waals surface area contributed by atoms with Crippen LogP contribution in [0.4, 0.5) is 5.82 Å². The number of hydrogen-bond donors (Lipinski definition) is 1. The number of nitrogens with zero attached hydrogens (tertiary/aromatic N) is 5. The smallest absolute Gasteiger partial charge is 0.397 e. The maximum atomic E-state index is 11.9. The maximum absolute atomic E-state index is 11.9. The van der Waals surface area contributed by atoms with Crippen LogP contribution in [0.25, 0.3) is 5.95 Å². The standard InChI is InChI=1S/C15H16N6O3/c1-5-24-14(23)13(22)19-12-11(7-16)10(4)20-21(12)15-17-8(2)6-9(3)18-15/h6H,5H2,1-4H3,(H,19,22). The highest BCUT2D eigenvalue weighted by Crippen LogP contribution is 2.21. The predicted octanol–water partition coefficient (Wildman–Crippen LogP) is 0.961. The van der Waals surface area contributed by atoms with E-state index in [4.69, 9.17) is 0 Å². The molecule has 2 aromatic heterocycles. The zero-order valence-corrected chi connectivity index (χ0v) is 13.7. The average molecular weight is 328 g/mol. The van der Waals surface area contributed by atoms with Crippen LogP contribution in [0, 0.1) is 32.1 Å². The lowest BCUT2D eigenvalue weighted by Gasteiger charge is -2.08. The van der Waals surface area contributed by atoms with Crippen LogP contribution < -0.4 is 5.32 Å². The molecule has 0 aliphatic carbocycles. The molecule has 9 heteroatoms. The van der Waals surface area contributed by atoms with E-state index in [1.807, 2.05) is 6.07 Å². The number of ether oxygens (including phenoxy) is 1. The van der Waals surface area contributed by atoms with Crippen molar-refractivity contribution in [1.82, 2.24) is 19.7 Å². The summed E-state index contributed by atoms with van der Waals surface area (Å²) in [5.74, 6) is -1.83. The summed E-state index contributed by atoms with van der Waals surface area (Å²) >= 11 is 0. The molecule has 0 spiro atoms. The molecule has 0 saturated heterocycles. The molecule has 1 N–H and O–H groups in total. The highest BCUT2D eigenvalue weighted by Gasteiger charge is 2.24. The minimum Gasteiger partial charge on any atom is -0.459 e. The molecule has 1 amide bonds. The zero-order valence-electron chi connectivity index (χ0n) is 13.7. The summed E-state index contributed by atoms with van der Waals surface area (Å²) in [6, 6.07) is 3.73. The van der Waals surface area contributed by atoms with Crippen LogP contribution in [0.15, 0.2) is 6.07 Å². The van der Waals surface area contributed by atoms with Crippen molar-refractivity contribution in [2.24, 2.45) is 0 Å². The van der Waals surface area contributed by atoms with Crippen LogP contribution in [0.2, 0.25) is 0 Å². The minimum absolute atomic E-state index is 0.0260. The van der Waals surface area contributed by atoms with Gasteiger partial charge in [-0.1, -0.05) is 0 Å². The van der Waals surface area contributed by atoms with Crippen LogP contribution in [-0.4, -0.2) is 38.2 Å². The van der Waals surface area contributed by atoms with Gasteiger partial charge in [0.05, 0.1) is 12.3 Å². The third-order valence-corrected chi connectivity index (χ3v) is 3.02. The zero-order chi connectivity index (χ0) is 17.9. The third-order valence-electron chi connectivity index (χ3n) is 3.02. The third kappa shape index (κ3) is 3.38. The van der Waals surface area contributed by atoms with Crippen molar-refractivity contribution in [2.75, 3.05) is 11.9 Å². The molecule has 24 heavy (non-hydrogen) atoms. The van der Waals surface area contributed by atoms with Gasteiger partial charge in [-0.2, -0.15) is 15.0 Å². The summed E-state index contributed by atoms with van der Waals surface area (Å²) in [5, 5.41) is 15.9. The van der Waals surface area contributed by atoms with Gasteiger partial charge in [-0.05, 0) is 33.8 Å². The number of amides is 1. The van der Waals surface area contributed by atoms with Gasteiger partial charge in [0, 0.05) is 11.4 Å². The number of carbonyl (C=O) groups is 2. The van der Waals surface area contributed by atoms with E-state index >= 15 is 0 Å². The molecule has 0 saturated carbocycles. The number of carbonyl (C=O) groups excluding carboxylic acids is 2. The Balaban J connectivity index is 2.52. The Morgan fingerprint density at radius 3 is 2.46 bits per heavy atom. The second-order valence-corrected chi connectivity index (χ2v) is 4.96. The monoisotopic (exact) mass is 328 g/mol. The normalized spacial score (nSPS) is 10.1. The molecular weight excluding hydrogens is 312 g/mol. The number of esters is 1. The van der Waals surface area contributed by atoms with Crippen LogP contribution in [-0.2, 0) is 14.3 Å². The van der Waals surface area contributed by atoms with Gasteiger partial charge in [0.2, 0.25) is 0 Å². The van der Waals surface area contributed by atoms with Gasteiger partial charge in [0.1, 0.15) is 11.6 Å². The first-order chi connectivity index (χ1) is 11.4. The lowest BCUT2D eigenvalue weighted by molar-refractivity contribution is -0.152. The topological polar surface area (TPSA) is 123 Å². The van der Waals surface area contributed by atoms with Gasteiger partial charge < -0.3 is 4.74 Å². The van der Waals surface area contributed by atoms with E-state index in [0.29, 0.717) is 17.1 Å². The van der Waals surface area contributed by atoms with E-state index in [0.717, 1.165) is 0 Å². The summed E-state index contributed by atoms with van der Waals surface area (Å²) in [4.78, 5) is 32.0. The van der Waals surface area contributed by atoms with E-state index in [2.05, 4.69) is 25.1 Å². The molecule has 0 aliphatic heterocycles. The molecule has 2 aromatic rings. The Hall–Kier alpha value is -3.28. The number of anilines is 1. The second-order valence-electron chi connectivity index (χ2n) is 4.96. The molecule has 0 aliphatic rings. The lowest BCUT2D eigenvalue weighted by atomic mass is 10.2. The number of nitrogens with one attached hydrogen (secondary N) is 1. The highest BCUT2D eigenvalue weighted by atomic mass is 16.5. The molecule has 0 atom stereocenters. The number of aromatic nitrogens is 4. The fraction of sp³-hybridized carbons (Fsp3) is 0.333. The van der Waals surface area contributed by atoms with Crippen molar-refractivity contribution in [3.8, 4) is 12.0 Å².